The molecule has 20 heavy (non-hydrogen) atoms. The minimum Gasteiger partial charge on any atom is -0.378 e. The SMILES string of the molecule is OC(Cc1nc[nH]n1)(c1ccc(F)cc1)c1ccon1. The van der Waals surface area contributed by atoms with Gasteiger partial charge in [0, 0.05) is 12.5 Å². The molecule has 0 saturated carbocycles. The van der Waals surface area contributed by atoms with Crippen molar-refractivity contribution < 1.29 is 14.0 Å². The van der Waals surface area contributed by atoms with E-state index in [2.05, 4.69) is 20.3 Å². The fourth-order valence-electron chi connectivity index (χ4n) is 2.04. The number of nitrogens with one attached hydrogen (secondary N) is 1. The summed E-state index contributed by atoms with van der Waals surface area (Å²) in [4.78, 5) is 4.00. The van der Waals surface area contributed by atoms with Crippen LogP contribution in [-0.2, 0) is 12.0 Å². The van der Waals surface area contributed by atoms with Crippen molar-refractivity contribution in [3.63, 3.8) is 0 Å². The van der Waals surface area contributed by atoms with Gasteiger partial charge in [0.25, 0.3) is 0 Å². The summed E-state index contributed by atoms with van der Waals surface area (Å²) >= 11 is 0. The predicted molar refractivity (Wildman–Crippen MR) is 66.0 cm³/mol. The number of H-pyrrole nitrogens is 1. The largest absolute Gasteiger partial charge is 0.378 e. The van der Waals surface area contributed by atoms with Gasteiger partial charge in [-0.15, -0.1) is 0 Å². The minimum atomic E-state index is -1.48. The third-order valence-electron chi connectivity index (χ3n) is 3.06. The van der Waals surface area contributed by atoms with Crippen LogP contribution in [0.15, 0.2) is 47.4 Å². The predicted octanol–water partition coefficient (Wildman–Crippen LogP) is 1.41. The molecule has 0 fully saturated rings. The molecule has 0 bridgehead atoms. The lowest BCUT2D eigenvalue weighted by atomic mass is 9.87. The second-order valence-corrected chi connectivity index (χ2v) is 4.34. The van der Waals surface area contributed by atoms with Crippen LogP contribution in [-0.4, -0.2) is 25.4 Å². The van der Waals surface area contributed by atoms with E-state index in [1.807, 2.05) is 0 Å². The van der Waals surface area contributed by atoms with Crippen LogP contribution in [0.1, 0.15) is 17.1 Å². The maximum atomic E-state index is 13.0. The lowest BCUT2D eigenvalue weighted by Crippen LogP contribution is -2.31. The highest BCUT2D eigenvalue weighted by Gasteiger charge is 2.36. The van der Waals surface area contributed by atoms with E-state index < -0.39 is 5.60 Å². The summed E-state index contributed by atoms with van der Waals surface area (Å²) in [7, 11) is 0. The van der Waals surface area contributed by atoms with Gasteiger partial charge in [0.15, 0.2) is 5.82 Å². The Balaban J connectivity index is 2.05. The molecule has 3 aromatic rings. The van der Waals surface area contributed by atoms with Crippen molar-refractivity contribution in [2.75, 3.05) is 0 Å². The fraction of sp³-hybridized carbons (Fsp3) is 0.154. The molecule has 0 aliphatic rings. The second-order valence-electron chi connectivity index (χ2n) is 4.34. The van der Waals surface area contributed by atoms with E-state index in [9.17, 15) is 9.50 Å². The molecule has 1 atom stereocenters. The Hall–Kier alpha value is -2.54. The Morgan fingerprint density at radius 3 is 2.65 bits per heavy atom. The standard InChI is InChI=1S/C13H11FN4O2/c14-10-3-1-9(2-4-10)13(19,11-5-6-20-18-11)7-12-15-8-16-17-12/h1-6,8,19H,7H2,(H,15,16,17). The van der Waals surface area contributed by atoms with Gasteiger partial charge in [-0.3, -0.25) is 5.10 Å². The number of halogens is 1. The molecular formula is C13H11FN4O2. The second kappa shape index (κ2) is 4.86. The van der Waals surface area contributed by atoms with Gasteiger partial charge in [-0.25, -0.2) is 9.37 Å². The van der Waals surface area contributed by atoms with Gasteiger partial charge in [0.2, 0.25) is 0 Å². The van der Waals surface area contributed by atoms with Crippen LogP contribution in [0.5, 0.6) is 0 Å². The van der Waals surface area contributed by atoms with Crippen LogP contribution in [0, 0.1) is 5.82 Å². The lowest BCUT2D eigenvalue weighted by molar-refractivity contribution is 0.0706. The molecule has 2 N–H and O–H groups in total. The van der Waals surface area contributed by atoms with Gasteiger partial charge in [0.1, 0.15) is 29.7 Å². The van der Waals surface area contributed by atoms with Gasteiger partial charge >= 0.3 is 0 Å². The molecule has 0 aliphatic carbocycles. The van der Waals surface area contributed by atoms with E-state index in [4.69, 9.17) is 4.52 Å². The molecule has 7 heteroatoms. The first kappa shape index (κ1) is 12.5. The average molecular weight is 274 g/mol. The van der Waals surface area contributed by atoms with Gasteiger partial charge in [-0.1, -0.05) is 17.3 Å². The van der Waals surface area contributed by atoms with E-state index in [-0.39, 0.29) is 12.2 Å². The number of rotatable bonds is 4. The number of aromatic nitrogens is 4. The number of benzene rings is 1. The van der Waals surface area contributed by atoms with Crippen LogP contribution < -0.4 is 0 Å². The smallest absolute Gasteiger partial charge is 0.153 e. The number of hydrogen-bond acceptors (Lipinski definition) is 5. The highest BCUT2D eigenvalue weighted by atomic mass is 19.1. The molecular weight excluding hydrogens is 263 g/mol. The first-order valence-corrected chi connectivity index (χ1v) is 5.92. The van der Waals surface area contributed by atoms with E-state index >= 15 is 0 Å². The van der Waals surface area contributed by atoms with Crippen molar-refractivity contribution in [3.8, 4) is 0 Å². The molecule has 1 unspecified atom stereocenters. The Bertz CT molecular complexity index is 667. The number of hydrogen-bond donors (Lipinski definition) is 2. The first-order chi connectivity index (χ1) is 9.68. The quantitative estimate of drug-likeness (QED) is 0.751. The molecule has 0 amide bonds. The molecule has 0 radical (unpaired) electrons. The van der Waals surface area contributed by atoms with Gasteiger partial charge in [-0.2, -0.15) is 5.10 Å². The van der Waals surface area contributed by atoms with E-state index in [1.54, 1.807) is 6.07 Å². The zero-order valence-corrected chi connectivity index (χ0v) is 10.3. The summed E-state index contributed by atoms with van der Waals surface area (Å²) < 4.78 is 17.8. The summed E-state index contributed by atoms with van der Waals surface area (Å²) in [5, 5.41) is 21.3. The van der Waals surface area contributed by atoms with Gasteiger partial charge in [-0.05, 0) is 17.7 Å². The van der Waals surface area contributed by atoms with Gasteiger partial charge in [0.05, 0.1) is 0 Å². The zero-order valence-electron chi connectivity index (χ0n) is 10.3. The number of aliphatic hydroxyl groups is 1. The number of nitrogens with zero attached hydrogens (tertiary/aromatic N) is 3. The van der Waals surface area contributed by atoms with Crippen molar-refractivity contribution in [1.82, 2.24) is 20.3 Å². The Morgan fingerprint density at radius 1 is 1.25 bits per heavy atom. The highest BCUT2D eigenvalue weighted by Crippen LogP contribution is 2.31. The van der Waals surface area contributed by atoms with Crippen molar-refractivity contribution in [2.45, 2.75) is 12.0 Å². The summed E-state index contributed by atoms with van der Waals surface area (Å²) in [5.41, 5.74) is -0.686. The van der Waals surface area contributed by atoms with Crippen LogP contribution in [0.3, 0.4) is 0 Å². The normalized spacial score (nSPS) is 14.1. The fourth-order valence-corrected chi connectivity index (χ4v) is 2.04. The minimum absolute atomic E-state index is 0.0919. The maximum absolute atomic E-state index is 13.0. The van der Waals surface area contributed by atoms with E-state index in [1.165, 1.54) is 36.9 Å². The molecule has 102 valence electrons. The van der Waals surface area contributed by atoms with Crippen LogP contribution in [0.4, 0.5) is 4.39 Å². The van der Waals surface area contributed by atoms with E-state index in [0.29, 0.717) is 17.1 Å². The Morgan fingerprint density at radius 2 is 2.05 bits per heavy atom. The lowest BCUT2D eigenvalue weighted by Gasteiger charge is -2.25. The van der Waals surface area contributed by atoms with Crippen LogP contribution in [0.2, 0.25) is 0 Å². The summed E-state index contributed by atoms with van der Waals surface area (Å²) in [6.07, 6.45) is 2.87. The molecule has 0 saturated heterocycles. The highest BCUT2D eigenvalue weighted by molar-refractivity contribution is 5.32. The van der Waals surface area contributed by atoms with Crippen LogP contribution >= 0.6 is 0 Å². The molecule has 2 heterocycles. The number of aromatic amines is 1. The first-order valence-electron chi connectivity index (χ1n) is 5.92. The van der Waals surface area contributed by atoms with Crippen LogP contribution in [0.25, 0.3) is 0 Å². The molecule has 6 nitrogen and oxygen atoms in total. The summed E-state index contributed by atoms with van der Waals surface area (Å²) in [6.45, 7) is 0. The molecule has 1 aromatic carbocycles. The monoisotopic (exact) mass is 274 g/mol. The molecule has 0 spiro atoms. The molecule has 2 aromatic heterocycles. The van der Waals surface area contributed by atoms with Gasteiger partial charge < -0.3 is 9.63 Å². The zero-order chi connectivity index (χ0) is 14.0. The van der Waals surface area contributed by atoms with Crippen molar-refractivity contribution in [1.29, 1.82) is 0 Å². The van der Waals surface area contributed by atoms with Crippen molar-refractivity contribution in [3.05, 3.63) is 65.8 Å². The molecule has 0 aliphatic heterocycles. The van der Waals surface area contributed by atoms with Crippen molar-refractivity contribution >= 4 is 0 Å². The average Bonchev–Trinajstić information content (AvgIpc) is 3.12. The summed E-state index contributed by atoms with van der Waals surface area (Å²) in [6, 6.07) is 7.10. The maximum Gasteiger partial charge on any atom is 0.153 e. The summed E-state index contributed by atoms with van der Waals surface area (Å²) in [5.74, 6) is 0.0361. The van der Waals surface area contributed by atoms with Crippen molar-refractivity contribution in [2.24, 2.45) is 0 Å². The topological polar surface area (TPSA) is 87.8 Å². The Kier molecular flexibility index (Phi) is 3.03. The van der Waals surface area contributed by atoms with E-state index in [0.717, 1.165) is 0 Å². The third-order valence-corrected chi connectivity index (χ3v) is 3.06. The molecule has 3 rings (SSSR count). The third kappa shape index (κ3) is 2.19. The Labute approximate surface area is 113 Å².